The summed E-state index contributed by atoms with van der Waals surface area (Å²) < 4.78 is 1.01. The zero-order valence-corrected chi connectivity index (χ0v) is 12.0. The number of anilines is 1. The molecule has 0 aliphatic heterocycles. The Morgan fingerprint density at radius 2 is 1.59 bits per heavy atom. The smallest absolute Gasteiger partial charge is 0.0417 e. The van der Waals surface area contributed by atoms with Gasteiger partial charge in [-0.25, -0.2) is 0 Å². The van der Waals surface area contributed by atoms with Crippen molar-refractivity contribution in [2.75, 3.05) is 5.32 Å². The van der Waals surface area contributed by atoms with Crippen molar-refractivity contribution in [3.8, 4) is 0 Å². The molecule has 0 saturated heterocycles. The molecule has 1 nitrogen and oxygen atoms in total. The molecular formula is C13H10BrCl2N. The minimum Gasteiger partial charge on any atom is -0.381 e. The van der Waals surface area contributed by atoms with Crippen LogP contribution in [0.1, 0.15) is 5.56 Å². The Labute approximate surface area is 119 Å². The van der Waals surface area contributed by atoms with Gasteiger partial charge in [-0.2, -0.15) is 0 Å². The topological polar surface area (TPSA) is 12.0 Å². The van der Waals surface area contributed by atoms with Gasteiger partial charge in [-0.15, -0.1) is 0 Å². The van der Waals surface area contributed by atoms with Gasteiger partial charge in [-0.05, 0) is 42.0 Å². The Morgan fingerprint density at radius 1 is 0.941 bits per heavy atom. The molecule has 0 aliphatic rings. The highest BCUT2D eigenvalue weighted by Crippen LogP contribution is 2.22. The van der Waals surface area contributed by atoms with Crippen LogP contribution < -0.4 is 5.32 Å². The van der Waals surface area contributed by atoms with Crippen molar-refractivity contribution < 1.29 is 0 Å². The van der Waals surface area contributed by atoms with Crippen LogP contribution in [0.15, 0.2) is 46.9 Å². The molecule has 0 amide bonds. The van der Waals surface area contributed by atoms with Gasteiger partial charge >= 0.3 is 0 Å². The van der Waals surface area contributed by atoms with E-state index in [1.165, 1.54) is 0 Å². The first-order valence-electron chi connectivity index (χ1n) is 5.08. The molecule has 0 spiro atoms. The molecule has 0 aliphatic carbocycles. The van der Waals surface area contributed by atoms with Crippen molar-refractivity contribution >= 4 is 44.8 Å². The van der Waals surface area contributed by atoms with Gasteiger partial charge in [0.15, 0.2) is 0 Å². The molecule has 1 N–H and O–H groups in total. The SMILES string of the molecule is Clc1ccc(NCc2ccc(Cl)cc2Br)cc1. The zero-order valence-electron chi connectivity index (χ0n) is 8.88. The summed E-state index contributed by atoms with van der Waals surface area (Å²) in [4.78, 5) is 0. The molecule has 0 aromatic heterocycles. The molecule has 2 rings (SSSR count). The molecule has 4 heteroatoms. The van der Waals surface area contributed by atoms with Crippen LogP contribution in [0.3, 0.4) is 0 Å². The maximum absolute atomic E-state index is 5.89. The van der Waals surface area contributed by atoms with E-state index in [2.05, 4.69) is 21.2 Å². The van der Waals surface area contributed by atoms with Crippen molar-refractivity contribution in [1.29, 1.82) is 0 Å². The predicted octanol–water partition coefficient (Wildman–Crippen LogP) is 5.37. The van der Waals surface area contributed by atoms with E-state index in [0.717, 1.165) is 32.3 Å². The minimum atomic E-state index is 0.729. The van der Waals surface area contributed by atoms with Gasteiger partial charge in [-0.3, -0.25) is 0 Å². The Kier molecular flexibility index (Phi) is 4.32. The molecule has 0 heterocycles. The van der Waals surface area contributed by atoms with Gasteiger partial charge in [0, 0.05) is 26.8 Å². The highest BCUT2D eigenvalue weighted by Gasteiger charge is 2.00. The molecule has 88 valence electrons. The summed E-state index contributed by atoms with van der Waals surface area (Å²) >= 11 is 15.2. The van der Waals surface area contributed by atoms with Crippen molar-refractivity contribution in [3.05, 3.63) is 62.5 Å². The summed E-state index contributed by atoms with van der Waals surface area (Å²) in [5.41, 5.74) is 2.20. The summed E-state index contributed by atoms with van der Waals surface area (Å²) in [6.07, 6.45) is 0. The molecular weight excluding hydrogens is 321 g/mol. The largest absolute Gasteiger partial charge is 0.381 e. The lowest BCUT2D eigenvalue weighted by atomic mass is 10.2. The Morgan fingerprint density at radius 3 is 2.24 bits per heavy atom. The van der Waals surface area contributed by atoms with Gasteiger partial charge in [0.05, 0.1) is 0 Å². The van der Waals surface area contributed by atoms with Crippen LogP contribution >= 0.6 is 39.1 Å². The molecule has 0 radical (unpaired) electrons. The molecule has 0 saturated carbocycles. The van der Waals surface area contributed by atoms with Crippen LogP contribution in [-0.4, -0.2) is 0 Å². The van der Waals surface area contributed by atoms with E-state index in [0.29, 0.717) is 0 Å². The molecule has 0 bridgehead atoms. The second-order valence-corrected chi connectivity index (χ2v) is 5.32. The third kappa shape index (κ3) is 3.63. The lowest BCUT2D eigenvalue weighted by Crippen LogP contribution is -1.99. The number of nitrogens with one attached hydrogen (secondary N) is 1. The second-order valence-electron chi connectivity index (χ2n) is 3.60. The third-order valence-electron chi connectivity index (χ3n) is 2.34. The van der Waals surface area contributed by atoms with E-state index in [1.54, 1.807) is 0 Å². The maximum Gasteiger partial charge on any atom is 0.0417 e. The van der Waals surface area contributed by atoms with Gasteiger partial charge in [-0.1, -0.05) is 45.2 Å². The summed E-state index contributed by atoms with van der Waals surface area (Å²) in [5, 5.41) is 4.78. The summed E-state index contributed by atoms with van der Waals surface area (Å²) in [6, 6.07) is 13.4. The summed E-state index contributed by atoms with van der Waals surface area (Å²) in [6.45, 7) is 0.736. The minimum absolute atomic E-state index is 0.729. The molecule has 2 aromatic rings. The molecule has 2 aromatic carbocycles. The van der Waals surface area contributed by atoms with Crippen molar-refractivity contribution in [2.24, 2.45) is 0 Å². The monoisotopic (exact) mass is 329 g/mol. The number of hydrogen-bond acceptors (Lipinski definition) is 1. The lowest BCUT2D eigenvalue weighted by molar-refractivity contribution is 1.14. The average Bonchev–Trinajstić information content (AvgIpc) is 2.30. The molecule has 0 unspecified atom stereocenters. The average molecular weight is 331 g/mol. The molecule has 17 heavy (non-hydrogen) atoms. The normalized spacial score (nSPS) is 10.3. The quantitative estimate of drug-likeness (QED) is 0.797. The number of halogens is 3. The lowest BCUT2D eigenvalue weighted by Gasteiger charge is -2.08. The fourth-order valence-corrected chi connectivity index (χ4v) is 2.38. The summed E-state index contributed by atoms with van der Waals surface area (Å²) in [5.74, 6) is 0. The van der Waals surface area contributed by atoms with Crippen LogP contribution in [0.4, 0.5) is 5.69 Å². The number of rotatable bonds is 3. The fourth-order valence-electron chi connectivity index (χ4n) is 1.43. The van der Waals surface area contributed by atoms with E-state index >= 15 is 0 Å². The van der Waals surface area contributed by atoms with Gasteiger partial charge < -0.3 is 5.32 Å². The Balaban J connectivity index is 2.04. The van der Waals surface area contributed by atoms with E-state index in [9.17, 15) is 0 Å². The van der Waals surface area contributed by atoms with E-state index in [4.69, 9.17) is 23.2 Å². The third-order valence-corrected chi connectivity index (χ3v) is 3.57. The standard InChI is InChI=1S/C13H10BrCl2N/c14-13-7-11(16)2-1-9(13)8-17-12-5-3-10(15)4-6-12/h1-7,17H,8H2. The Bertz CT molecular complexity index is 511. The van der Waals surface area contributed by atoms with Crippen LogP contribution in [0.5, 0.6) is 0 Å². The van der Waals surface area contributed by atoms with Gasteiger partial charge in [0.1, 0.15) is 0 Å². The molecule has 0 fully saturated rings. The maximum atomic E-state index is 5.89. The highest BCUT2D eigenvalue weighted by molar-refractivity contribution is 9.10. The van der Waals surface area contributed by atoms with Crippen LogP contribution in [-0.2, 0) is 6.54 Å². The van der Waals surface area contributed by atoms with E-state index in [-0.39, 0.29) is 0 Å². The van der Waals surface area contributed by atoms with E-state index in [1.807, 2.05) is 42.5 Å². The van der Waals surface area contributed by atoms with Crippen LogP contribution in [0, 0.1) is 0 Å². The highest BCUT2D eigenvalue weighted by atomic mass is 79.9. The summed E-state index contributed by atoms with van der Waals surface area (Å²) in [7, 11) is 0. The number of benzene rings is 2. The number of hydrogen-bond donors (Lipinski definition) is 1. The second kappa shape index (κ2) is 5.76. The first-order chi connectivity index (χ1) is 8.15. The molecule has 0 atom stereocenters. The van der Waals surface area contributed by atoms with E-state index < -0.39 is 0 Å². The predicted molar refractivity (Wildman–Crippen MR) is 77.9 cm³/mol. The van der Waals surface area contributed by atoms with Crippen molar-refractivity contribution in [2.45, 2.75) is 6.54 Å². The fraction of sp³-hybridized carbons (Fsp3) is 0.0769. The Hall–Kier alpha value is -0.700. The zero-order chi connectivity index (χ0) is 12.3. The van der Waals surface area contributed by atoms with Gasteiger partial charge in [0.2, 0.25) is 0 Å². The van der Waals surface area contributed by atoms with Crippen LogP contribution in [0.2, 0.25) is 10.0 Å². The van der Waals surface area contributed by atoms with Gasteiger partial charge in [0.25, 0.3) is 0 Å². The first-order valence-corrected chi connectivity index (χ1v) is 6.63. The van der Waals surface area contributed by atoms with Crippen LogP contribution in [0.25, 0.3) is 0 Å². The van der Waals surface area contributed by atoms with Crippen molar-refractivity contribution in [1.82, 2.24) is 0 Å². The van der Waals surface area contributed by atoms with Crippen molar-refractivity contribution in [3.63, 3.8) is 0 Å². The first kappa shape index (κ1) is 12.7.